The zero-order chi connectivity index (χ0) is 12.4. The summed E-state index contributed by atoms with van der Waals surface area (Å²) in [6, 6.07) is 20.5. The minimum absolute atomic E-state index is 0.870. The van der Waals surface area contributed by atoms with Crippen molar-refractivity contribution in [3.63, 3.8) is 0 Å². The molecule has 2 aromatic carbocycles. The highest BCUT2D eigenvalue weighted by molar-refractivity contribution is 14.1. The topological polar surface area (TPSA) is 24.9 Å². The average Bonchev–Trinajstić information content (AvgIpc) is 2.41. The first-order valence-corrected chi connectivity index (χ1v) is 6.77. The molecule has 1 N–H and O–H groups in total. The smallest absolute Gasteiger partial charge is 0.131 e. The van der Waals surface area contributed by atoms with Gasteiger partial charge in [0, 0.05) is 14.6 Å². The van der Waals surface area contributed by atoms with E-state index in [0.29, 0.717) is 0 Å². The van der Waals surface area contributed by atoms with Crippen LogP contribution in [0.4, 0.5) is 11.5 Å². The lowest BCUT2D eigenvalue weighted by Crippen LogP contribution is -1.93. The molecule has 0 aliphatic heterocycles. The monoisotopic (exact) mass is 346 g/mol. The van der Waals surface area contributed by atoms with Crippen molar-refractivity contribution in [2.45, 2.75) is 0 Å². The predicted octanol–water partition coefficient (Wildman–Crippen LogP) is 4.58. The Labute approximate surface area is 119 Å². The van der Waals surface area contributed by atoms with Gasteiger partial charge in [-0.2, -0.15) is 0 Å². The summed E-state index contributed by atoms with van der Waals surface area (Å²) in [7, 11) is 0. The van der Waals surface area contributed by atoms with Crippen molar-refractivity contribution in [1.29, 1.82) is 0 Å². The van der Waals surface area contributed by atoms with Gasteiger partial charge in [0.25, 0.3) is 0 Å². The third-order valence-corrected chi connectivity index (χ3v) is 3.43. The number of para-hydroxylation sites is 1. The number of pyridine rings is 1. The molecule has 0 saturated heterocycles. The van der Waals surface area contributed by atoms with Crippen molar-refractivity contribution >= 4 is 45.0 Å². The molecule has 0 bridgehead atoms. The molecule has 0 unspecified atom stereocenters. The maximum atomic E-state index is 4.58. The lowest BCUT2D eigenvalue weighted by Gasteiger charge is -2.06. The minimum atomic E-state index is 0.870. The molecule has 0 aliphatic rings. The van der Waals surface area contributed by atoms with E-state index < -0.39 is 0 Å². The van der Waals surface area contributed by atoms with Gasteiger partial charge in [-0.15, -0.1) is 0 Å². The number of aromatic nitrogens is 1. The van der Waals surface area contributed by atoms with Crippen LogP contribution in [-0.4, -0.2) is 4.98 Å². The average molecular weight is 346 g/mol. The van der Waals surface area contributed by atoms with Gasteiger partial charge >= 0.3 is 0 Å². The Morgan fingerprint density at radius 3 is 2.44 bits per heavy atom. The lowest BCUT2D eigenvalue weighted by molar-refractivity contribution is 1.37. The van der Waals surface area contributed by atoms with Crippen molar-refractivity contribution in [1.82, 2.24) is 4.98 Å². The number of hydrogen-bond donors (Lipinski definition) is 1. The molecule has 18 heavy (non-hydrogen) atoms. The molecule has 0 aliphatic carbocycles. The van der Waals surface area contributed by atoms with Gasteiger partial charge in [-0.3, -0.25) is 0 Å². The molecule has 0 spiro atoms. The second-order valence-electron chi connectivity index (χ2n) is 4.02. The normalized spacial score (nSPS) is 10.5. The molecule has 3 aromatic rings. The van der Waals surface area contributed by atoms with Gasteiger partial charge < -0.3 is 5.32 Å². The Balaban J connectivity index is 1.92. The summed E-state index contributed by atoms with van der Waals surface area (Å²) >= 11 is 2.30. The number of halogens is 1. The first-order chi connectivity index (χ1) is 8.81. The molecule has 1 heterocycles. The zero-order valence-electron chi connectivity index (χ0n) is 9.60. The number of rotatable bonds is 2. The Hall–Kier alpha value is -1.62. The summed E-state index contributed by atoms with van der Waals surface area (Å²) in [4.78, 5) is 4.58. The first-order valence-electron chi connectivity index (χ1n) is 5.70. The molecule has 0 amide bonds. The molecule has 88 valence electrons. The molecule has 0 saturated carbocycles. The Kier molecular flexibility index (Phi) is 3.15. The molecule has 0 radical (unpaired) electrons. The lowest BCUT2D eigenvalue weighted by atomic mass is 10.2. The van der Waals surface area contributed by atoms with Gasteiger partial charge in [0.15, 0.2) is 0 Å². The maximum Gasteiger partial charge on any atom is 0.131 e. The third-order valence-electron chi connectivity index (χ3n) is 2.72. The number of nitrogens with zero attached hydrogens (tertiary/aromatic N) is 1. The van der Waals surface area contributed by atoms with E-state index in [1.807, 2.05) is 24.3 Å². The molecule has 0 fully saturated rings. The van der Waals surface area contributed by atoms with E-state index in [0.717, 1.165) is 22.4 Å². The van der Waals surface area contributed by atoms with Gasteiger partial charge in [0.2, 0.25) is 0 Å². The van der Waals surface area contributed by atoms with Gasteiger partial charge in [-0.1, -0.05) is 18.2 Å². The largest absolute Gasteiger partial charge is 0.340 e. The summed E-state index contributed by atoms with van der Waals surface area (Å²) in [5, 5.41) is 4.47. The van der Waals surface area contributed by atoms with Crippen LogP contribution in [0, 0.1) is 3.57 Å². The highest BCUT2D eigenvalue weighted by atomic mass is 127. The Bertz CT molecular complexity index is 677. The summed E-state index contributed by atoms with van der Waals surface area (Å²) in [6.45, 7) is 0. The third kappa shape index (κ3) is 2.46. The van der Waals surface area contributed by atoms with Crippen molar-refractivity contribution < 1.29 is 0 Å². The zero-order valence-corrected chi connectivity index (χ0v) is 11.8. The summed E-state index contributed by atoms with van der Waals surface area (Å²) < 4.78 is 1.23. The van der Waals surface area contributed by atoms with E-state index in [-0.39, 0.29) is 0 Å². The van der Waals surface area contributed by atoms with Gasteiger partial charge in [-0.05, 0) is 65.1 Å². The van der Waals surface area contributed by atoms with Crippen LogP contribution >= 0.6 is 22.6 Å². The SMILES string of the molecule is Ic1ccc(Nc2ccc3ccccc3n2)cc1. The standard InChI is InChI=1S/C15H11IN2/c16-12-6-8-13(9-7-12)17-15-10-5-11-3-1-2-4-14(11)18-15/h1-10H,(H,17,18). The van der Waals surface area contributed by atoms with Crippen LogP contribution in [0.1, 0.15) is 0 Å². The van der Waals surface area contributed by atoms with E-state index >= 15 is 0 Å². The van der Waals surface area contributed by atoms with Gasteiger partial charge in [0.05, 0.1) is 5.52 Å². The number of nitrogens with one attached hydrogen (secondary N) is 1. The fourth-order valence-corrected chi connectivity index (χ4v) is 2.18. The fourth-order valence-electron chi connectivity index (χ4n) is 1.82. The van der Waals surface area contributed by atoms with E-state index in [4.69, 9.17) is 0 Å². The molecule has 1 aromatic heterocycles. The molecular formula is C15H11IN2. The first kappa shape index (κ1) is 11.5. The minimum Gasteiger partial charge on any atom is -0.340 e. The van der Waals surface area contributed by atoms with Crippen LogP contribution < -0.4 is 5.32 Å². The number of benzene rings is 2. The molecule has 3 rings (SSSR count). The van der Waals surface area contributed by atoms with Gasteiger partial charge in [0.1, 0.15) is 5.82 Å². The summed E-state index contributed by atoms with van der Waals surface area (Å²) in [5.74, 6) is 0.870. The van der Waals surface area contributed by atoms with Crippen LogP contribution in [0.3, 0.4) is 0 Å². The van der Waals surface area contributed by atoms with Crippen molar-refractivity contribution in [2.75, 3.05) is 5.32 Å². The highest BCUT2D eigenvalue weighted by Crippen LogP contribution is 2.19. The van der Waals surface area contributed by atoms with Crippen LogP contribution in [0.2, 0.25) is 0 Å². The fraction of sp³-hybridized carbons (Fsp3) is 0. The second-order valence-corrected chi connectivity index (χ2v) is 5.27. The van der Waals surface area contributed by atoms with Crippen molar-refractivity contribution in [3.05, 3.63) is 64.2 Å². The quantitative estimate of drug-likeness (QED) is 0.687. The van der Waals surface area contributed by atoms with E-state index in [1.165, 1.54) is 3.57 Å². The highest BCUT2D eigenvalue weighted by Gasteiger charge is 1.98. The van der Waals surface area contributed by atoms with E-state index in [1.54, 1.807) is 0 Å². The molecular weight excluding hydrogens is 335 g/mol. The summed E-state index contributed by atoms with van der Waals surface area (Å²) in [6.07, 6.45) is 0. The summed E-state index contributed by atoms with van der Waals surface area (Å²) in [5.41, 5.74) is 2.06. The predicted molar refractivity (Wildman–Crippen MR) is 84.2 cm³/mol. The second kappa shape index (κ2) is 4.94. The van der Waals surface area contributed by atoms with Crippen LogP contribution in [0.25, 0.3) is 10.9 Å². The number of anilines is 2. The number of fused-ring (bicyclic) bond motifs is 1. The maximum absolute atomic E-state index is 4.58. The van der Waals surface area contributed by atoms with E-state index in [9.17, 15) is 0 Å². The van der Waals surface area contributed by atoms with Crippen LogP contribution in [0.15, 0.2) is 60.7 Å². The molecule has 3 heteroatoms. The van der Waals surface area contributed by atoms with Crippen LogP contribution in [-0.2, 0) is 0 Å². The van der Waals surface area contributed by atoms with Crippen LogP contribution in [0.5, 0.6) is 0 Å². The number of hydrogen-bond acceptors (Lipinski definition) is 2. The Morgan fingerprint density at radius 1 is 0.833 bits per heavy atom. The Morgan fingerprint density at radius 2 is 1.61 bits per heavy atom. The van der Waals surface area contributed by atoms with Crippen molar-refractivity contribution in [3.8, 4) is 0 Å². The molecule has 2 nitrogen and oxygen atoms in total. The molecule has 0 atom stereocenters. The van der Waals surface area contributed by atoms with E-state index in [2.05, 4.69) is 69.3 Å². The van der Waals surface area contributed by atoms with Crippen molar-refractivity contribution in [2.24, 2.45) is 0 Å². The van der Waals surface area contributed by atoms with Gasteiger partial charge in [-0.25, -0.2) is 4.98 Å².